The Morgan fingerprint density at radius 2 is 1.88 bits per heavy atom. The van der Waals surface area contributed by atoms with E-state index < -0.39 is 28.6 Å². The Labute approximate surface area is 152 Å². The van der Waals surface area contributed by atoms with Crippen molar-refractivity contribution in [1.82, 2.24) is 0 Å². The summed E-state index contributed by atoms with van der Waals surface area (Å²) in [6.45, 7) is 3.40. The van der Waals surface area contributed by atoms with Crippen molar-refractivity contribution in [3.63, 3.8) is 0 Å². The van der Waals surface area contributed by atoms with E-state index in [1.165, 1.54) is 12.1 Å². The molecule has 26 heavy (non-hydrogen) atoms. The van der Waals surface area contributed by atoms with E-state index in [1.54, 1.807) is 44.2 Å². The zero-order valence-corrected chi connectivity index (χ0v) is 14.9. The molecule has 0 saturated carbocycles. The lowest BCUT2D eigenvalue weighted by Crippen LogP contribution is -2.41. The minimum atomic E-state index is -2.23. The predicted molar refractivity (Wildman–Crippen MR) is 97.2 cm³/mol. The Morgan fingerprint density at radius 3 is 2.46 bits per heavy atom. The molecule has 8 heteroatoms. The van der Waals surface area contributed by atoms with Crippen molar-refractivity contribution in [3.8, 4) is 5.75 Å². The van der Waals surface area contributed by atoms with Crippen LogP contribution in [0.25, 0.3) is 5.57 Å². The van der Waals surface area contributed by atoms with Crippen LogP contribution in [0.15, 0.2) is 48.0 Å². The van der Waals surface area contributed by atoms with Gasteiger partial charge in [-0.3, -0.25) is 14.1 Å². The average Bonchev–Trinajstić information content (AvgIpc) is 2.52. The highest BCUT2D eigenvalue weighted by atomic mass is 32.2. The molecule has 2 aromatic rings. The molecule has 0 bridgehead atoms. The second kappa shape index (κ2) is 6.54. The third-order valence-corrected chi connectivity index (χ3v) is 4.46. The van der Waals surface area contributed by atoms with Gasteiger partial charge in [-0.25, -0.2) is 8.60 Å². The molecule has 136 valence electrons. The molecule has 6 nitrogen and oxygen atoms in total. The van der Waals surface area contributed by atoms with Crippen molar-refractivity contribution >= 4 is 28.4 Å². The highest BCUT2D eigenvalue weighted by Gasteiger charge is 2.38. The zero-order valence-electron chi connectivity index (χ0n) is 14.1. The van der Waals surface area contributed by atoms with Crippen molar-refractivity contribution in [2.75, 3.05) is 4.72 Å². The van der Waals surface area contributed by atoms with Crippen LogP contribution in [0.1, 0.15) is 25.0 Å². The summed E-state index contributed by atoms with van der Waals surface area (Å²) < 4.78 is 41.6. The van der Waals surface area contributed by atoms with Gasteiger partial charge in [-0.1, -0.05) is 12.1 Å². The van der Waals surface area contributed by atoms with E-state index in [2.05, 4.69) is 4.72 Å². The number of benzene rings is 2. The van der Waals surface area contributed by atoms with Crippen LogP contribution in [0.4, 0.5) is 10.1 Å². The molecule has 1 aliphatic heterocycles. The van der Waals surface area contributed by atoms with E-state index >= 15 is 0 Å². The number of ether oxygens (including phenoxy) is 1. The molecule has 0 aliphatic carbocycles. The highest BCUT2D eigenvalue weighted by molar-refractivity contribution is 7.80. The van der Waals surface area contributed by atoms with Crippen molar-refractivity contribution in [2.24, 2.45) is 5.73 Å². The van der Waals surface area contributed by atoms with Crippen LogP contribution in [0, 0.1) is 5.82 Å². The number of hydrogen-bond acceptors (Lipinski definition) is 3. The van der Waals surface area contributed by atoms with Gasteiger partial charge in [0.15, 0.2) is 0 Å². The minimum Gasteiger partial charge on any atom is -0.482 e. The Bertz CT molecular complexity index is 939. The molecule has 3 rings (SSSR count). The van der Waals surface area contributed by atoms with Crippen molar-refractivity contribution in [3.05, 3.63) is 65.0 Å². The van der Waals surface area contributed by atoms with Crippen LogP contribution in [0.5, 0.6) is 5.75 Å². The minimum absolute atomic E-state index is 0.267. The molecule has 1 atom stereocenters. The normalized spacial score (nSPS) is 16.5. The molecule has 0 saturated heterocycles. The largest absolute Gasteiger partial charge is 0.482 e. The fraction of sp³-hybridized carbons (Fsp3) is 0.167. The molecule has 1 heterocycles. The van der Waals surface area contributed by atoms with Gasteiger partial charge in [0.1, 0.15) is 17.2 Å². The highest BCUT2D eigenvalue weighted by Crippen LogP contribution is 2.44. The maximum atomic E-state index is 13.3. The smallest absolute Gasteiger partial charge is 0.259 e. The Morgan fingerprint density at radius 1 is 1.23 bits per heavy atom. The van der Waals surface area contributed by atoms with Crippen LogP contribution < -0.4 is 15.2 Å². The zero-order chi connectivity index (χ0) is 19.1. The number of carbonyl (C=O) groups is 1. The predicted octanol–water partition coefficient (Wildman–Crippen LogP) is 2.83. The summed E-state index contributed by atoms with van der Waals surface area (Å²) in [5, 5.41) is 0. The Balaban J connectivity index is 2.26. The van der Waals surface area contributed by atoms with Gasteiger partial charge in [0, 0.05) is 17.2 Å². The number of anilines is 1. The van der Waals surface area contributed by atoms with Gasteiger partial charge < -0.3 is 10.5 Å². The number of nitrogens with one attached hydrogen (secondary N) is 1. The van der Waals surface area contributed by atoms with E-state index in [-0.39, 0.29) is 5.57 Å². The first-order chi connectivity index (χ1) is 12.2. The molecule has 1 unspecified atom stereocenters. The van der Waals surface area contributed by atoms with E-state index in [0.717, 1.165) is 0 Å². The second-order valence-corrected chi connectivity index (χ2v) is 7.00. The van der Waals surface area contributed by atoms with Gasteiger partial charge in [0.2, 0.25) is 5.91 Å². The first-order valence-electron chi connectivity index (χ1n) is 7.70. The Kier molecular flexibility index (Phi) is 4.55. The molecule has 2 aromatic carbocycles. The monoisotopic (exact) mass is 376 g/mol. The Hall–Kier alpha value is -2.71. The van der Waals surface area contributed by atoms with E-state index in [1.807, 2.05) is 0 Å². The van der Waals surface area contributed by atoms with Crippen molar-refractivity contribution in [1.29, 1.82) is 0 Å². The quantitative estimate of drug-likeness (QED) is 0.714. The van der Waals surface area contributed by atoms with E-state index in [4.69, 9.17) is 15.0 Å². The van der Waals surface area contributed by atoms with Gasteiger partial charge in [-0.15, -0.1) is 0 Å². The van der Waals surface area contributed by atoms with Gasteiger partial charge in [0.25, 0.3) is 11.3 Å². The molecule has 0 radical (unpaired) electrons. The van der Waals surface area contributed by atoms with E-state index in [9.17, 15) is 13.4 Å². The summed E-state index contributed by atoms with van der Waals surface area (Å²) in [5.74, 6) is -0.625. The van der Waals surface area contributed by atoms with Gasteiger partial charge >= 0.3 is 0 Å². The van der Waals surface area contributed by atoms with Crippen LogP contribution in [-0.4, -0.2) is 20.3 Å². The van der Waals surface area contributed by atoms with Crippen LogP contribution >= 0.6 is 0 Å². The molecule has 0 spiro atoms. The number of rotatable bonds is 4. The third-order valence-electron chi connectivity index (χ3n) is 4.05. The topological polar surface area (TPSA) is 102 Å². The molecular weight excluding hydrogens is 359 g/mol. The summed E-state index contributed by atoms with van der Waals surface area (Å²) in [5.41, 5.74) is 6.96. The van der Waals surface area contributed by atoms with Crippen molar-refractivity contribution in [2.45, 2.75) is 19.4 Å². The number of hydrogen-bond donors (Lipinski definition) is 3. The number of halogens is 1. The van der Waals surface area contributed by atoms with Gasteiger partial charge in [0.05, 0.1) is 11.3 Å². The molecule has 0 fully saturated rings. The summed E-state index contributed by atoms with van der Waals surface area (Å²) in [6.07, 6.45) is 0. The lowest BCUT2D eigenvalue weighted by atomic mass is 9.82. The van der Waals surface area contributed by atoms with Crippen LogP contribution in [-0.2, 0) is 16.1 Å². The second-order valence-electron chi connectivity index (χ2n) is 6.30. The summed E-state index contributed by atoms with van der Waals surface area (Å²) in [7, 11) is 0. The first-order valence-corrected chi connectivity index (χ1v) is 8.81. The standard InChI is InChI=1S/C18H17FN2O4S/c1-18(2)16(17(20)22)15(10-3-5-11(19)6-4-10)13-8-7-12(21-26(23)24)9-14(13)25-18/h3-9,21H,1-2H3,(H2,20,22)(H,23,24). The average molecular weight is 376 g/mol. The molecule has 1 amide bonds. The fourth-order valence-corrected chi connectivity index (χ4v) is 3.40. The number of amides is 1. The van der Waals surface area contributed by atoms with Crippen LogP contribution in [0.3, 0.4) is 0 Å². The summed E-state index contributed by atoms with van der Waals surface area (Å²) in [6, 6.07) is 10.5. The van der Waals surface area contributed by atoms with Gasteiger partial charge in [-0.05, 0) is 43.7 Å². The number of nitrogens with two attached hydrogens (primary N) is 1. The number of fused-ring (bicyclic) bond motifs is 1. The molecular formula is C18H17FN2O4S. The third kappa shape index (κ3) is 3.33. The number of carbonyl (C=O) groups excluding carboxylic acids is 1. The van der Waals surface area contributed by atoms with E-state index in [0.29, 0.717) is 28.1 Å². The number of primary amides is 1. The summed E-state index contributed by atoms with van der Waals surface area (Å²) in [4.78, 5) is 12.2. The van der Waals surface area contributed by atoms with Crippen LogP contribution in [0.2, 0.25) is 0 Å². The molecule has 0 aromatic heterocycles. The SMILES string of the molecule is CC1(C)Oc2cc(NS(=O)O)ccc2C(c2ccc(F)cc2)=C1C(N)=O. The van der Waals surface area contributed by atoms with Gasteiger partial charge in [-0.2, -0.15) is 0 Å². The maximum Gasteiger partial charge on any atom is 0.259 e. The summed E-state index contributed by atoms with van der Waals surface area (Å²) >= 11 is -2.23. The maximum absolute atomic E-state index is 13.3. The molecule has 4 N–H and O–H groups in total. The lowest BCUT2D eigenvalue weighted by Gasteiger charge is -2.36. The first kappa shape index (κ1) is 18.1. The van der Waals surface area contributed by atoms with Crippen molar-refractivity contribution < 1.29 is 22.7 Å². The fourth-order valence-electron chi connectivity index (χ4n) is 3.08. The lowest BCUT2D eigenvalue weighted by molar-refractivity contribution is -0.116. The molecule has 1 aliphatic rings.